The van der Waals surface area contributed by atoms with Crippen molar-refractivity contribution < 1.29 is 0 Å². The first-order valence-corrected chi connectivity index (χ1v) is 12.3. The van der Waals surface area contributed by atoms with Gasteiger partial charge in [0, 0.05) is 34.4 Å². The number of hydrogen-bond acceptors (Lipinski definition) is 2. The van der Waals surface area contributed by atoms with Crippen LogP contribution in [0.1, 0.15) is 5.56 Å². The van der Waals surface area contributed by atoms with E-state index in [2.05, 4.69) is 119 Å². The van der Waals surface area contributed by atoms with E-state index in [-0.39, 0.29) is 0 Å². The van der Waals surface area contributed by atoms with Crippen molar-refractivity contribution in [3.8, 4) is 34.0 Å². The van der Waals surface area contributed by atoms with Gasteiger partial charge in [0.05, 0.1) is 16.6 Å². The molecule has 0 unspecified atom stereocenters. The second kappa shape index (κ2) is 8.48. The van der Waals surface area contributed by atoms with Crippen LogP contribution in [0.3, 0.4) is 0 Å². The molecule has 0 aliphatic carbocycles. The second-order valence-corrected chi connectivity index (χ2v) is 9.21. The minimum Gasteiger partial charge on any atom is -0.309 e. The van der Waals surface area contributed by atoms with Gasteiger partial charge in [-0.2, -0.15) is 5.26 Å². The van der Waals surface area contributed by atoms with Crippen molar-refractivity contribution in [3.63, 3.8) is 0 Å². The van der Waals surface area contributed by atoms with Gasteiger partial charge in [0.1, 0.15) is 6.07 Å². The van der Waals surface area contributed by atoms with Crippen molar-refractivity contribution in [2.75, 3.05) is 0 Å². The molecule has 2 heterocycles. The summed E-state index contributed by atoms with van der Waals surface area (Å²) in [5.74, 6) is 0. The zero-order valence-corrected chi connectivity index (χ0v) is 20.0. The molecule has 0 aliphatic heterocycles. The molecule has 172 valence electrons. The Bertz CT molecular complexity index is 1980. The monoisotopic (exact) mass is 471 g/mol. The SMILES string of the molecule is N#Cc1cncc(-c2ccc3c4c5ccccc5c(-c5ccccc5)cc4n(-c4ccccc4)c3c2)c1. The Morgan fingerprint density at radius 2 is 1.30 bits per heavy atom. The van der Waals surface area contributed by atoms with E-state index in [0.29, 0.717) is 5.56 Å². The molecule has 0 radical (unpaired) electrons. The van der Waals surface area contributed by atoms with Crippen LogP contribution in [0, 0.1) is 11.3 Å². The standard InChI is InChI=1S/C34H21N3/c35-20-23-17-26(22-36-21-23)25-15-16-30-32(18-25)37(27-11-5-2-6-12-27)33-19-31(24-9-3-1-4-10-24)28-13-7-8-14-29(28)34(30)33/h1-19,21-22H. The summed E-state index contributed by atoms with van der Waals surface area (Å²) in [4.78, 5) is 4.29. The van der Waals surface area contributed by atoms with Gasteiger partial charge < -0.3 is 4.57 Å². The van der Waals surface area contributed by atoms with Crippen LogP contribution < -0.4 is 0 Å². The lowest BCUT2D eigenvalue weighted by Gasteiger charge is -2.12. The van der Waals surface area contributed by atoms with Crippen molar-refractivity contribution in [3.05, 3.63) is 133 Å². The molecule has 0 saturated carbocycles. The lowest BCUT2D eigenvalue weighted by atomic mass is 9.94. The Hall–Kier alpha value is -5.20. The van der Waals surface area contributed by atoms with Crippen molar-refractivity contribution in [2.45, 2.75) is 0 Å². The second-order valence-electron chi connectivity index (χ2n) is 9.21. The molecule has 0 saturated heterocycles. The number of nitrogens with zero attached hydrogens (tertiary/aromatic N) is 3. The number of nitriles is 1. The van der Waals surface area contributed by atoms with Crippen molar-refractivity contribution in [1.29, 1.82) is 5.26 Å². The summed E-state index contributed by atoms with van der Waals surface area (Å²) in [6.45, 7) is 0. The zero-order valence-electron chi connectivity index (χ0n) is 20.0. The summed E-state index contributed by atoms with van der Waals surface area (Å²) < 4.78 is 2.36. The van der Waals surface area contributed by atoms with Gasteiger partial charge in [-0.15, -0.1) is 0 Å². The number of pyridine rings is 1. The summed E-state index contributed by atoms with van der Waals surface area (Å²) >= 11 is 0. The zero-order chi connectivity index (χ0) is 24.8. The number of benzene rings is 5. The molecule has 0 amide bonds. The predicted octanol–water partition coefficient (Wildman–Crippen LogP) is 8.54. The molecule has 5 aromatic carbocycles. The number of rotatable bonds is 3. The van der Waals surface area contributed by atoms with E-state index in [1.54, 1.807) is 6.20 Å². The number of para-hydroxylation sites is 1. The van der Waals surface area contributed by atoms with Crippen molar-refractivity contribution in [1.82, 2.24) is 9.55 Å². The molecule has 0 spiro atoms. The molecule has 3 nitrogen and oxygen atoms in total. The third kappa shape index (κ3) is 3.39. The maximum atomic E-state index is 9.40. The van der Waals surface area contributed by atoms with Crippen LogP contribution in [0.15, 0.2) is 128 Å². The molecule has 0 fully saturated rings. The highest BCUT2D eigenvalue weighted by atomic mass is 15.0. The highest BCUT2D eigenvalue weighted by Gasteiger charge is 2.18. The summed E-state index contributed by atoms with van der Waals surface area (Å²) in [6, 6.07) is 42.8. The van der Waals surface area contributed by atoms with Gasteiger partial charge in [-0.3, -0.25) is 4.98 Å². The van der Waals surface area contributed by atoms with Crippen LogP contribution in [0.2, 0.25) is 0 Å². The van der Waals surface area contributed by atoms with Crippen LogP contribution in [-0.2, 0) is 0 Å². The first-order valence-electron chi connectivity index (χ1n) is 12.3. The maximum Gasteiger partial charge on any atom is 0.101 e. The average molecular weight is 472 g/mol. The van der Waals surface area contributed by atoms with Gasteiger partial charge in [-0.05, 0) is 57.8 Å². The fourth-order valence-electron chi connectivity index (χ4n) is 5.43. The van der Waals surface area contributed by atoms with Gasteiger partial charge in [0.15, 0.2) is 0 Å². The van der Waals surface area contributed by atoms with Gasteiger partial charge in [-0.25, -0.2) is 0 Å². The third-order valence-electron chi connectivity index (χ3n) is 7.07. The Morgan fingerprint density at radius 3 is 2.08 bits per heavy atom. The summed E-state index contributed by atoms with van der Waals surface area (Å²) in [5.41, 5.74) is 8.33. The van der Waals surface area contributed by atoms with Gasteiger partial charge >= 0.3 is 0 Å². The maximum absolute atomic E-state index is 9.40. The van der Waals surface area contributed by atoms with Crippen LogP contribution in [0.25, 0.3) is 60.5 Å². The fraction of sp³-hybridized carbons (Fsp3) is 0. The predicted molar refractivity (Wildman–Crippen MR) is 152 cm³/mol. The average Bonchev–Trinajstić information content (AvgIpc) is 3.31. The van der Waals surface area contributed by atoms with Crippen LogP contribution in [0.5, 0.6) is 0 Å². The molecule has 7 rings (SSSR count). The molecule has 0 bridgehead atoms. The summed E-state index contributed by atoms with van der Waals surface area (Å²) in [6.07, 6.45) is 3.42. The molecular weight excluding hydrogens is 450 g/mol. The molecule has 0 N–H and O–H groups in total. The minimum atomic E-state index is 0.555. The lowest BCUT2D eigenvalue weighted by Crippen LogP contribution is -1.94. The van der Waals surface area contributed by atoms with E-state index >= 15 is 0 Å². The van der Waals surface area contributed by atoms with Crippen molar-refractivity contribution in [2.24, 2.45) is 0 Å². The van der Waals surface area contributed by atoms with E-state index in [9.17, 15) is 5.26 Å². The number of fused-ring (bicyclic) bond motifs is 5. The summed E-state index contributed by atoms with van der Waals surface area (Å²) in [7, 11) is 0. The van der Waals surface area contributed by atoms with Gasteiger partial charge in [0.25, 0.3) is 0 Å². The Kier molecular flexibility index (Phi) is 4.84. The van der Waals surface area contributed by atoms with E-state index < -0.39 is 0 Å². The first kappa shape index (κ1) is 21.1. The molecule has 0 atom stereocenters. The fourth-order valence-corrected chi connectivity index (χ4v) is 5.43. The molecule has 2 aromatic heterocycles. The number of aromatic nitrogens is 2. The molecular formula is C34H21N3. The van der Waals surface area contributed by atoms with E-state index in [1.807, 2.05) is 18.3 Å². The topological polar surface area (TPSA) is 41.6 Å². The Balaban J connectivity index is 1.64. The molecule has 3 heteroatoms. The van der Waals surface area contributed by atoms with Crippen LogP contribution in [0.4, 0.5) is 0 Å². The van der Waals surface area contributed by atoms with E-state index in [4.69, 9.17) is 0 Å². The van der Waals surface area contributed by atoms with Gasteiger partial charge in [-0.1, -0.05) is 84.9 Å². The smallest absolute Gasteiger partial charge is 0.101 e. The largest absolute Gasteiger partial charge is 0.309 e. The molecule has 7 aromatic rings. The van der Waals surface area contributed by atoms with E-state index in [1.165, 1.54) is 38.2 Å². The third-order valence-corrected chi connectivity index (χ3v) is 7.07. The normalized spacial score (nSPS) is 11.2. The highest BCUT2D eigenvalue weighted by Crippen LogP contribution is 2.42. The van der Waals surface area contributed by atoms with Crippen molar-refractivity contribution >= 4 is 32.6 Å². The van der Waals surface area contributed by atoms with Crippen LogP contribution in [-0.4, -0.2) is 9.55 Å². The lowest BCUT2D eigenvalue weighted by molar-refractivity contribution is 1.18. The highest BCUT2D eigenvalue weighted by molar-refractivity contribution is 6.24. The minimum absolute atomic E-state index is 0.555. The molecule has 0 aliphatic rings. The Morgan fingerprint density at radius 1 is 0.568 bits per heavy atom. The van der Waals surface area contributed by atoms with Crippen LogP contribution >= 0.6 is 0 Å². The first-order chi connectivity index (χ1) is 18.3. The quantitative estimate of drug-likeness (QED) is 0.259. The number of hydrogen-bond donors (Lipinski definition) is 0. The summed E-state index contributed by atoms with van der Waals surface area (Å²) in [5, 5.41) is 14.3. The molecule has 37 heavy (non-hydrogen) atoms. The Labute approximate surface area is 214 Å². The van der Waals surface area contributed by atoms with E-state index in [0.717, 1.165) is 22.3 Å². The van der Waals surface area contributed by atoms with Gasteiger partial charge in [0.2, 0.25) is 0 Å².